The molecule has 0 amide bonds. The Labute approximate surface area is 383 Å². The molecule has 0 atom stereocenters. The summed E-state index contributed by atoms with van der Waals surface area (Å²) < 4.78 is 6.27. The average Bonchev–Trinajstić information content (AvgIpc) is 3.77. The molecule has 0 unspecified atom stereocenters. The zero-order valence-corrected chi connectivity index (χ0v) is 36.0. The highest BCUT2D eigenvalue weighted by Crippen LogP contribution is 2.45. The van der Waals surface area contributed by atoms with Crippen molar-refractivity contribution in [1.82, 2.24) is 0 Å². The Kier molecular flexibility index (Phi) is 8.89. The topological polar surface area (TPSA) is 16.4 Å². The number of hydrogen-bond donors (Lipinski definition) is 0. The molecule has 0 bridgehead atoms. The summed E-state index contributed by atoms with van der Waals surface area (Å²) in [5, 5.41) is 10.1. The molecule has 0 N–H and O–H groups in total. The number of para-hydroxylation sites is 2. The van der Waals surface area contributed by atoms with Gasteiger partial charge in [0.15, 0.2) is 0 Å². The van der Waals surface area contributed by atoms with Crippen molar-refractivity contribution in [3.8, 4) is 55.6 Å². The molecule has 308 valence electrons. The smallest absolute Gasteiger partial charge is 0.136 e. The van der Waals surface area contributed by atoms with E-state index in [1.165, 1.54) is 65.7 Å². The lowest BCUT2D eigenvalue weighted by atomic mass is 9.87. The molecule has 0 radical (unpaired) electrons. The van der Waals surface area contributed by atoms with Gasteiger partial charge in [0.25, 0.3) is 0 Å². The van der Waals surface area contributed by atoms with Crippen LogP contribution in [0.4, 0.5) is 17.1 Å². The number of hydrogen-bond acceptors (Lipinski definition) is 2. The molecule has 0 fully saturated rings. The fourth-order valence-electron chi connectivity index (χ4n) is 10.3. The van der Waals surface area contributed by atoms with Crippen LogP contribution >= 0.6 is 0 Å². The van der Waals surface area contributed by atoms with Crippen LogP contribution in [0.3, 0.4) is 0 Å². The van der Waals surface area contributed by atoms with Gasteiger partial charge in [0, 0.05) is 27.7 Å². The third-order valence-electron chi connectivity index (χ3n) is 13.4. The van der Waals surface area contributed by atoms with Crippen LogP contribution in [0.2, 0.25) is 0 Å². The summed E-state index contributed by atoms with van der Waals surface area (Å²) in [7, 11) is 0. The molecule has 2 heteroatoms. The van der Waals surface area contributed by atoms with Gasteiger partial charge in [-0.25, -0.2) is 0 Å². The van der Waals surface area contributed by atoms with Crippen molar-refractivity contribution in [2.75, 3.05) is 4.90 Å². The van der Waals surface area contributed by atoms with Gasteiger partial charge >= 0.3 is 0 Å². The van der Waals surface area contributed by atoms with Gasteiger partial charge in [-0.3, -0.25) is 0 Å². The second kappa shape index (κ2) is 15.5. The average molecular weight is 840 g/mol. The quantitative estimate of drug-likeness (QED) is 0.142. The van der Waals surface area contributed by atoms with Gasteiger partial charge in [0.1, 0.15) is 11.2 Å². The van der Waals surface area contributed by atoms with Crippen LogP contribution in [0, 0.1) is 0 Å². The van der Waals surface area contributed by atoms with E-state index in [-0.39, 0.29) is 0 Å². The Morgan fingerprint density at radius 2 is 0.788 bits per heavy atom. The molecular formula is C64H41NO. The molecule has 0 aliphatic rings. The van der Waals surface area contributed by atoms with Crippen LogP contribution < -0.4 is 4.90 Å². The highest BCUT2D eigenvalue weighted by atomic mass is 16.3. The van der Waals surface area contributed by atoms with Gasteiger partial charge < -0.3 is 9.32 Å². The lowest BCUT2D eigenvalue weighted by Gasteiger charge is -2.28. The van der Waals surface area contributed by atoms with Gasteiger partial charge in [-0.15, -0.1) is 0 Å². The monoisotopic (exact) mass is 839 g/mol. The fourth-order valence-corrected chi connectivity index (χ4v) is 10.3. The van der Waals surface area contributed by atoms with E-state index in [4.69, 9.17) is 4.42 Å². The molecule has 13 rings (SSSR count). The van der Waals surface area contributed by atoms with Crippen LogP contribution in [0.25, 0.3) is 110 Å². The van der Waals surface area contributed by atoms with E-state index in [2.05, 4.69) is 241 Å². The second-order valence-electron chi connectivity index (χ2n) is 17.2. The Balaban J connectivity index is 0.912. The molecule has 0 aliphatic heterocycles. The SMILES string of the molecule is c1ccc(-c2cc(-c3ccc4ccc5cccc6ccc3c4c56)ccc2-c2ccc(N(c3ccc(-c4ccc5c(c4)oc4ccccc45)cc3)c3ccccc3-c3ccccc3)cc2)cc1. The van der Waals surface area contributed by atoms with Crippen molar-refractivity contribution in [2.24, 2.45) is 0 Å². The highest BCUT2D eigenvalue weighted by Gasteiger charge is 2.20. The summed E-state index contributed by atoms with van der Waals surface area (Å²) in [4.78, 5) is 2.38. The lowest BCUT2D eigenvalue weighted by molar-refractivity contribution is 0.669. The fraction of sp³-hybridized carbons (Fsp3) is 0. The molecule has 0 saturated carbocycles. The van der Waals surface area contributed by atoms with E-state index in [0.717, 1.165) is 61.3 Å². The first-order chi connectivity index (χ1) is 32.7. The number of furan rings is 1. The highest BCUT2D eigenvalue weighted by molar-refractivity contribution is 6.25. The van der Waals surface area contributed by atoms with Crippen molar-refractivity contribution >= 4 is 71.3 Å². The Morgan fingerprint density at radius 3 is 1.55 bits per heavy atom. The summed E-state index contributed by atoms with van der Waals surface area (Å²) in [6.07, 6.45) is 0. The van der Waals surface area contributed by atoms with E-state index in [0.29, 0.717) is 0 Å². The minimum Gasteiger partial charge on any atom is -0.456 e. The van der Waals surface area contributed by atoms with Crippen LogP contribution in [-0.4, -0.2) is 0 Å². The van der Waals surface area contributed by atoms with Crippen molar-refractivity contribution in [3.63, 3.8) is 0 Å². The van der Waals surface area contributed by atoms with Gasteiger partial charge in [0.2, 0.25) is 0 Å². The maximum Gasteiger partial charge on any atom is 0.136 e. The first-order valence-corrected chi connectivity index (χ1v) is 22.7. The predicted molar refractivity (Wildman–Crippen MR) is 279 cm³/mol. The summed E-state index contributed by atoms with van der Waals surface area (Å²) in [6, 6.07) is 90.3. The summed E-state index contributed by atoms with van der Waals surface area (Å²) in [5.41, 5.74) is 16.8. The number of benzene rings is 12. The predicted octanol–water partition coefficient (Wildman–Crippen LogP) is 18.3. The summed E-state index contributed by atoms with van der Waals surface area (Å²) in [6.45, 7) is 0. The van der Waals surface area contributed by atoms with E-state index in [1.807, 2.05) is 12.1 Å². The van der Waals surface area contributed by atoms with Crippen LogP contribution in [0.5, 0.6) is 0 Å². The number of fused-ring (bicyclic) bond motifs is 3. The Hall–Kier alpha value is -8.72. The van der Waals surface area contributed by atoms with Crippen LogP contribution in [0.1, 0.15) is 0 Å². The van der Waals surface area contributed by atoms with Crippen LogP contribution in [-0.2, 0) is 0 Å². The molecule has 1 aromatic heterocycles. The molecule has 0 spiro atoms. The number of anilines is 3. The maximum absolute atomic E-state index is 6.27. The first kappa shape index (κ1) is 37.8. The molecule has 0 saturated heterocycles. The minimum absolute atomic E-state index is 0.897. The number of rotatable bonds is 8. The molecule has 13 aromatic rings. The molecule has 66 heavy (non-hydrogen) atoms. The first-order valence-electron chi connectivity index (χ1n) is 22.7. The maximum atomic E-state index is 6.27. The largest absolute Gasteiger partial charge is 0.456 e. The van der Waals surface area contributed by atoms with E-state index < -0.39 is 0 Å². The standard InChI is InChI=1S/C64H41NO/c1-3-12-43(13-4-1)55-18-7-9-20-60(55)65(51-32-24-42(25-33-51)49-30-38-57-56-19-8-10-21-61(56)66-62(57)41-49)52-34-26-45(27-35-52)53-37-31-50(40-59(53)44-14-5-2-6-15-44)54-36-28-48-23-22-46-16-11-17-47-29-39-58(54)64(48)63(46)47/h1-41H. The van der Waals surface area contributed by atoms with Crippen LogP contribution in [0.15, 0.2) is 253 Å². The normalized spacial score (nSPS) is 11.6. The van der Waals surface area contributed by atoms with E-state index in [9.17, 15) is 0 Å². The summed E-state index contributed by atoms with van der Waals surface area (Å²) >= 11 is 0. The number of nitrogens with zero attached hydrogens (tertiary/aromatic N) is 1. The molecular weight excluding hydrogens is 799 g/mol. The van der Waals surface area contributed by atoms with Gasteiger partial charge in [0.05, 0.1) is 5.69 Å². The molecule has 12 aromatic carbocycles. The van der Waals surface area contributed by atoms with E-state index in [1.54, 1.807) is 0 Å². The molecule has 1 heterocycles. The van der Waals surface area contributed by atoms with Crippen molar-refractivity contribution < 1.29 is 4.42 Å². The van der Waals surface area contributed by atoms with Crippen molar-refractivity contribution in [1.29, 1.82) is 0 Å². The van der Waals surface area contributed by atoms with Crippen molar-refractivity contribution in [3.05, 3.63) is 249 Å². The second-order valence-corrected chi connectivity index (χ2v) is 17.2. The van der Waals surface area contributed by atoms with Gasteiger partial charge in [-0.1, -0.05) is 194 Å². The van der Waals surface area contributed by atoms with E-state index >= 15 is 0 Å². The molecule has 0 aliphatic carbocycles. The third kappa shape index (κ3) is 6.34. The van der Waals surface area contributed by atoms with Gasteiger partial charge in [-0.2, -0.15) is 0 Å². The van der Waals surface area contributed by atoms with Gasteiger partial charge in [-0.05, 0) is 137 Å². The Morgan fingerprint density at radius 1 is 0.258 bits per heavy atom. The lowest BCUT2D eigenvalue weighted by Crippen LogP contribution is -2.11. The Bertz CT molecular complexity index is 3890. The zero-order valence-electron chi connectivity index (χ0n) is 36.0. The minimum atomic E-state index is 0.897. The zero-order chi connectivity index (χ0) is 43.6. The van der Waals surface area contributed by atoms with Crippen molar-refractivity contribution in [2.45, 2.75) is 0 Å². The summed E-state index contributed by atoms with van der Waals surface area (Å²) in [5.74, 6) is 0. The molecule has 2 nitrogen and oxygen atoms in total. The third-order valence-corrected chi connectivity index (χ3v) is 13.4.